The zero-order valence-electron chi connectivity index (χ0n) is 18.5. The third-order valence-corrected chi connectivity index (χ3v) is 5.65. The molecule has 4 heterocycles. The summed E-state index contributed by atoms with van der Waals surface area (Å²) in [7, 11) is 1.54. The molecule has 0 aliphatic carbocycles. The van der Waals surface area contributed by atoms with E-state index < -0.39 is 0 Å². The molecule has 0 spiro atoms. The van der Waals surface area contributed by atoms with Gasteiger partial charge in [0.25, 0.3) is 5.56 Å². The summed E-state index contributed by atoms with van der Waals surface area (Å²) in [5.74, 6) is 0.844. The van der Waals surface area contributed by atoms with E-state index >= 15 is 0 Å². The van der Waals surface area contributed by atoms with Crippen LogP contribution in [0.1, 0.15) is 5.56 Å². The molecule has 9 heteroatoms. The molecule has 0 amide bonds. The second-order valence-electron chi connectivity index (χ2n) is 7.80. The van der Waals surface area contributed by atoms with Crippen LogP contribution < -0.4 is 20.5 Å². The number of morpholine rings is 1. The Morgan fingerprint density at radius 2 is 1.94 bits per heavy atom. The topological polar surface area (TPSA) is 105 Å². The highest BCUT2D eigenvalue weighted by atomic mass is 16.5. The first-order chi connectivity index (χ1) is 16.1. The van der Waals surface area contributed by atoms with Gasteiger partial charge < -0.3 is 24.7 Å². The highest BCUT2D eigenvalue weighted by Gasteiger charge is 2.16. The number of rotatable bonds is 5. The molecule has 1 fully saturated rings. The van der Waals surface area contributed by atoms with Crippen LogP contribution in [0.4, 0.5) is 17.2 Å². The van der Waals surface area contributed by atoms with Gasteiger partial charge in [-0.15, -0.1) is 0 Å². The number of pyridine rings is 2. The fraction of sp³-hybridized carbons (Fsp3) is 0.250. The minimum absolute atomic E-state index is 0.215. The molecule has 1 saturated heterocycles. The predicted molar refractivity (Wildman–Crippen MR) is 127 cm³/mol. The summed E-state index contributed by atoms with van der Waals surface area (Å²) in [5.41, 5.74) is 4.08. The SMILES string of the molecule is COc1cncc(-c2cc3cc[nH]c(=O)c3c(Nc3ccc(N4CCOCC4)c(C)c3)n2)n1. The smallest absolute Gasteiger partial charge is 0.259 e. The number of anilines is 3. The molecular formula is C24H24N6O3. The number of methoxy groups -OCH3 is 1. The van der Waals surface area contributed by atoms with Crippen molar-refractivity contribution in [1.29, 1.82) is 0 Å². The fourth-order valence-electron chi connectivity index (χ4n) is 4.03. The molecule has 4 aromatic rings. The van der Waals surface area contributed by atoms with Gasteiger partial charge in [-0.05, 0) is 48.2 Å². The van der Waals surface area contributed by atoms with Gasteiger partial charge >= 0.3 is 0 Å². The number of hydrogen-bond acceptors (Lipinski definition) is 8. The molecule has 9 nitrogen and oxygen atoms in total. The first-order valence-electron chi connectivity index (χ1n) is 10.7. The van der Waals surface area contributed by atoms with E-state index in [1.165, 1.54) is 19.0 Å². The quantitative estimate of drug-likeness (QED) is 0.483. The van der Waals surface area contributed by atoms with Crippen molar-refractivity contribution in [3.8, 4) is 17.3 Å². The third kappa shape index (κ3) is 4.22. The summed E-state index contributed by atoms with van der Waals surface area (Å²) in [6.45, 7) is 5.30. The van der Waals surface area contributed by atoms with Crippen LogP contribution in [0.15, 0.2) is 53.7 Å². The Bertz CT molecular complexity index is 1360. The van der Waals surface area contributed by atoms with Crippen molar-refractivity contribution < 1.29 is 9.47 Å². The molecule has 0 bridgehead atoms. The van der Waals surface area contributed by atoms with Crippen LogP contribution in [-0.4, -0.2) is 53.3 Å². The minimum Gasteiger partial charge on any atom is -0.480 e. The maximum absolute atomic E-state index is 12.7. The van der Waals surface area contributed by atoms with E-state index in [4.69, 9.17) is 14.5 Å². The Hall–Kier alpha value is -3.98. The van der Waals surface area contributed by atoms with E-state index in [1.807, 2.05) is 18.2 Å². The fourth-order valence-corrected chi connectivity index (χ4v) is 4.03. The van der Waals surface area contributed by atoms with E-state index in [0.717, 1.165) is 42.9 Å². The van der Waals surface area contributed by atoms with Crippen molar-refractivity contribution in [3.05, 3.63) is 64.8 Å². The number of hydrogen-bond donors (Lipinski definition) is 2. The first-order valence-corrected chi connectivity index (χ1v) is 10.7. The molecule has 0 unspecified atom stereocenters. The number of ether oxygens (including phenoxy) is 2. The molecular weight excluding hydrogens is 420 g/mol. The van der Waals surface area contributed by atoms with Crippen LogP contribution in [0.5, 0.6) is 5.88 Å². The van der Waals surface area contributed by atoms with Gasteiger partial charge in [-0.1, -0.05) is 0 Å². The van der Waals surface area contributed by atoms with Crippen LogP contribution in [0.2, 0.25) is 0 Å². The Balaban J connectivity index is 1.55. The Morgan fingerprint density at radius 1 is 1.09 bits per heavy atom. The molecule has 1 aliphatic heterocycles. The van der Waals surface area contributed by atoms with E-state index in [0.29, 0.717) is 28.5 Å². The number of fused-ring (bicyclic) bond motifs is 1. The summed E-state index contributed by atoms with van der Waals surface area (Å²) < 4.78 is 10.7. The molecule has 3 aromatic heterocycles. The lowest BCUT2D eigenvalue weighted by molar-refractivity contribution is 0.122. The molecule has 2 N–H and O–H groups in total. The predicted octanol–water partition coefficient (Wildman–Crippen LogP) is 3.28. The molecule has 1 aliphatic rings. The Morgan fingerprint density at radius 3 is 2.73 bits per heavy atom. The number of aromatic nitrogens is 4. The third-order valence-electron chi connectivity index (χ3n) is 5.65. The van der Waals surface area contributed by atoms with Crippen LogP contribution in [-0.2, 0) is 4.74 Å². The zero-order valence-corrected chi connectivity index (χ0v) is 18.5. The van der Waals surface area contributed by atoms with Gasteiger partial charge in [0.15, 0.2) is 0 Å². The Kier molecular flexibility index (Phi) is 5.62. The number of benzene rings is 1. The summed E-state index contributed by atoms with van der Waals surface area (Å²) in [6.07, 6.45) is 4.78. The largest absolute Gasteiger partial charge is 0.480 e. The number of aryl methyl sites for hydroxylation is 1. The average Bonchev–Trinajstić information content (AvgIpc) is 2.84. The van der Waals surface area contributed by atoms with Gasteiger partial charge in [-0.2, -0.15) is 0 Å². The molecule has 0 saturated carbocycles. The minimum atomic E-state index is -0.215. The summed E-state index contributed by atoms with van der Waals surface area (Å²) in [5, 5.41) is 4.57. The van der Waals surface area contributed by atoms with Gasteiger partial charge in [-0.25, -0.2) is 9.97 Å². The highest BCUT2D eigenvalue weighted by molar-refractivity contribution is 5.95. The van der Waals surface area contributed by atoms with Crippen molar-refractivity contribution in [2.75, 3.05) is 43.6 Å². The number of H-pyrrole nitrogens is 1. The summed E-state index contributed by atoms with van der Waals surface area (Å²) in [4.78, 5) is 31.1. The molecule has 33 heavy (non-hydrogen) atoms. The van der Waals surface area contributed by atoms with Crippen molar-refractivity contribution >= 4 is 28.0 Å². The lowest BCUT2D eigenvalue weighted by atomic mass is 10.1. The van der Waals surface area contributed by atoms with Gasteiger partial charge in [0.2, 0.25) is 5.88 Å². The van der Waals surface area contributed by atoms with Crippen LogP contribution in [0.3, 0.4) is 0 Å². The molecule has 5 rings (SSSR count). The van der Waals surface area contributed by atoms with E-state index in [2.05, 4.69) is 44.2 Å². The number of nitrogens with zero attached hydrogens (tertiary/aromatic N) is 4. The normalized spacial score (nSPS) is 13.8. The monoisotopic (exact) mass is 444 g/mol. The maximum atomic E-state index is 12.7. The van der Waals surface area contributed by atoms with Gasteiger partial charge in [0, 0.05) is 30.7 Å². The van der Waals surface area contributed by atoms with Gasteiger partial charge in [0.05, 0.1) is 43.8 Å². The standard InChI is InChI=1S/C24H24N6O3/c1-15-11-17(3-4-20(15)30-7-9-33-10-8-30)27-23-22-16(5-6-26-24(22)31)12-18(29-23)19-13-25-14-21(28-19)32-2/h3-6,11-14H,7-10H2,1-2H3,(H,26,31)(H,27,29). The summed E-state index contributed by atoms with van der Waals surface area (Å²) >= 11 is 0. The molecule has 0 atom stereocenters. The van der Waals surface area contributed by atoms with E-state index in [9.17, 15) is 4.79 Å². The Labute approximate surface area is 190 Å². The molecule has 0 radical (unpaired) electrons. The van der Waals surface area contributed by atoms with Gasteiger partial charge in [0.1, 0.15) is 11.5 Å². The highest BCUT2D eigenvalue weighted by Crippen LogP contribution is 2.30. The molecule has 1 aromatic carbocycles. The first kappa shape index (κ1) is 20.9. The molecule has 168 valence electrons. The lowest BCUT2D eigenvalue weighted by Gasteiger charge is -2.30. The summed E-state index contributed by atoms with van der Waals surface area (Å²) in [6, 6.07) is 9.82. The van der Waals surface area contributed by atoms with Crippen molar-refractivity contribution in [2.24, 2.45) is 0 Å². The zero-order chi connectivity index (χ0) is 22.8. The maximum Gasteiger partial charge on any atom is 0.259 e. The van der Waals surface area contributed by atoms with Crippen molar-refractivity contribution in [1.82, 2.24) is 19.9 Å². The van der Waals surface area contributed by atoms with Crippen LogP contribution >= 0.6 is 0 Å². The van der Waals surface area contributed by atoms with Crippen LogP contribution in [0, 0.1) is 6.92 Å². The second-order valence-corrected chi connectivity index (χ2v) is 7.80. The van der Waals surface area contributed by atoms with Gasteiger partial charge in [-0.3, -0.25) is 9.78 Å². The van der Waals surface area contributed by atoms with Crippen molar-refractivity contribution in [3.63, 3.8) is 0 Å². The average molecular weight is 444 g/mol. The lowest BCUT2D eigenvalue weighted by Crippen LogP contribution is -2.36. The van der Waals surface area contributed by atoms with E-state index in [1.54, 1.807) is 12.4 Å². The number of aromatic amines is 1. The number of nitrogens with one attached hydrogen (secondary N) is 2. The van der Waals surface area contributed by atoms with Crippen LogP contribution in [0.25, 0.3) is 22.2 Å². The van der Waals surface area contributed by atoms with Crippen molar-refractivity contribution in [2.45, 2.75) is 6.92 Å². The van der Waals surface area contributed by atoms with E-state index in [-0.39, 0.29) is 5.56 Å². The second kappa shape index (κ2) is 8.87.